The van der Waals surface area contributed by atoms with Gasteiger partial charge < -0.3 is 27.4 Å². The Kier molecular flexibility index (Phi) is 9.05. The van der Waals surface area contributed by atoms with Gasteiger partial charge in [-0.05, 0) is 92.6 Å². The van der Waals surface area contributed by atoms with Crippen LogP contribution in [0, 0.1) is 0 Å². The van der Waals surface area contributed by atoms with E-state index in [1.54, 1.807) is 41.6 Å². The summed E-state index contributed by atoms with van der Waals surface area (Å²) in [6.07, 6.45) is 8.71. The van der Waals surface area contributed by atoms with Crippen molar-refractivity contribution in [2.75, 3.05) is 36.4 Å². The molecule has 0 aliphatic carbocycles. The van der Waals surface area contributed by atoms with Gasteiger partial charge in [0.1, 0.15) is 6.17 Å². The molecule has 41 heavy (non-hydrogen) atoms. The van der Waals surface area contributed by atoms with Crippen molar-refractivity contribution in [1.82, 2.24) is 20.5 Å². The maximum absolute atomic E-state index is 13.0. The van der Waals surface area contributed by atoms with Crippen molar-refractivity contribution in [3.8, 4) is 0 Å². The number of nitrogens with zero attached hydrogens (tertiary/aromatic N) is 3. The van der Waals surface area contributed by atoms with Crippen LogP contribution in [0.1, 0.15) is 34.3 Å². The molecule has 3 aromatic rings. The van der Waals surface area contributed by atoms with E-state index in [1.165, 1.54) is 5.56 Å². The molecule has 3 heterocycles. The van der Waals surface area contributed by atoms with Crippen LogP contribution in [0.3, 0.4) is 0 Å². The van der Waals surface area contributed by atoms with Crippen LogP contribution < -0.4 is 32.3 Å². The molecule has 0 bridgehead atoms. The van der Waals surface area contributed by atoms with Crippen LogP contribution in [0.15, 0.2) is 90.9 Å². The molecule has 1 atom stereocenters. The molecule has 10 heteroatoms. The molecule has 3 amide bonds. The van der Waals surface area contributed by atoms with Gasteiger partial charge in [-0.3, -0.25) is 19.6 Å². The molecule has 1 aromatic heterocycles. The number of carbonyl (C=O) groups is 2. The van der Waals surface area contributed by atoms with E-state index in [9.17, 15) is 9.59 Å². The van der Waals surface area contributed by atoms with Crippen molar-refractivity contribution < 1.29 is 9.59 Å². The molecule has 0 saturated carbocycles. The zero-order valence-electron chi connectivity index (χ0n) is 22.9. The van der Waals surface area contributed by atoms with E-state index in [0.717, 1.165) is 55.0 Å². The molecule has 2 aromatic carbocycles. The van der Waals surface area contributed by atoms with Crippen LogP contribution in [0.25, 0.3) is 5.70 Å². The highest BCUT2D eigenvalue weighted by atomic mass is 16.2. The van der Waals surface area contributed by atoms with Crippen molar-refractivity contribution in [3.63, 3.8) is 0 Å². The minimum absolute atomic E-state index is 0.205. The highest BCUT2D eigenvalue weighted by Gasteiger charge is 2.31. The molecule has 10 nitrogen and oxygen atoms in total. The summed E-state index contributed by atoms with van der Waals surface area (Å²) in [7, 11) is 0. The van der Waals surface area contributed by atoms with Crippen LogP contribution in [-0.4, -0.2) is 54.2 Å². The summed E-state index contributed by atoms with van der Waals surface area (Å²) in [5.41, 5.74) is 17.3. The second-order valence-electron chi connectivity index (χ2n) is 10.1. The van der Waals surface area contributed by atoms with Gasteiger partial charge in [-0.2, -0.15) is 0 Å². The number of nitrogens with one attached hydrogen (secondary N) is 3. The summed E-state index contributed by atoms with van der Waals surface area (Å²) in [5.74, 6) is -0.206. The Morgan fingerprint density at radius 2 is 1.71 bits per heavy atom. The largest absolute Gasteiger partial charge is 0.361 e. The van der Waals surface area contributed by atoms with Gasteiger partial charge >= 0.3 is 6.03 Å². The standard InChI is InChI=1S/C31H36N8O2/c32-13-2-16-38(17-3-14-33)20-22-5-11-27(12-6-22)39-21-25-18-28(36-29(25)37-31(39)41)23-7-9-24(10-8-23)30(40)35-26-4-1-15-34-19-26/h1,4-12,15,18-19,21,29,36H,2-3,13-14,16-17,20,32-33H2,(H,35,40)(H,37,41). The maximum Gasteiger partial charge on any atom is 0.327 e. The Labute approximate surface area is 240 Å². The number of aromatic nitrogens is 1. The first-order chi connectivity index (χ1) is 20.0. The average molecular weight is 553 g/mol. The molecular formula is C31H36N8O2. The van der Waals surface area contributed by atoms with Crippen molar-refractivity contribution in [3.05, 3.63) is 108 Å². The van der Waals surface area contributed by atoms with E-state index in [-0.39, 0.29) is 18.1 Å². The summed E-state index contributed by atoms with van der Waals surface area (Å²) < 4.78 is 0. The summed E-state index contributed by atoms with van der Waals surface area (Å²) in [4.78, 5) is 33.6. The Bertz CT molecular complexity index is 1400. The van der Waals surface area contributed by atoms with E-state index in [1.807, 2.05) is 36.5 Å². The number of rotatable bonds is 12. The summed E-state index contributed by atoms with van der Waals surface area (Å²) in [6, 6.07) is 18.7. The zero-order valence-corrected chi connectivity index (χ0v) is 22.9. The fraction of sp³-hybridized carbons (Fsp3) is 0.258. The van der Waals surface area contributed by atoms with E-state index in [2.05, 4.69) is 38.0 Å². The van der Waals surface area contributed by atoms with Crippen molar-refractivity contribution >= 4 is 29.0 Å². The van der Waals surface area contributed by atoms with Crippen LogP contribution in [0.5, 0.6) is 0 Å². The fourth-order valence-corrected chi connectivity index (χ4v) is 4.88. The number of nitrogens with two attached hydrogens (primary N) is 2. The van der Waals surface area contributed by atoms with Crippen molar-refractivity contribution in [2.45, 2.75) is 25.6 Å². The van der Waals surface area contributed by atoms with Gasteiger partial charge in [-0.1, -0.05) is 24.3 Å². The number of carbonyl (C=O) groups excluding carboxylic acids is 2. The van der Waals surface area contributed by atoms with Crippen molar-refractivity contribution in [1.29, 1.82) is 0 Å². The van der Waals surface area contributed by atoms with Crippen LogP contribution in [-0.2, 0) is 6.54 Å². The minimum Gasteiger partial charge on any atom is -0.361 e. The molecule has 0 fully saturated rings. The quantitative estimate of drug-likeness (QED) is 0.232. The fourth-order valence-electron chi connectivity index (χ4n) is 4.88. The van der Waals surface area contributed by atoms with Crippen LogP contribution in [0.4, 0.5) is 16.2 Å². The lowest BCUT2D eigenvalue weighted by Gasteiger charge is -2.29. The number of amides is 3. The molecule has 0 spiro atoms. The molecular weight excluding hydrogens is 516 g/mol. The Morgan fingerprint density at radius 1 is 0.976 bits per heavy atom. The number of anilines is 2. The molecule has 2 aliphatic heterocycles. The smallest absolute Gasteiger partial charge is 0.327 e. The van der Waals surface area contributed by atoms with E-state index >= 15 is 0 Å². The van der Waals surface area contributed by atoms with Gasteiger partial charge in [0.15, 0.2) is 0 Å². The van der Waals surface area contributed by atoms with E-state index in [4.69, 9.17) is 11.5 Å². The third-order valence-corrected chi connectivity index (χ3v) is 7.06. The summed E-state index contributed by atoms with van der Waals surface area (Å²) in [6.45, 7) is 4.01. The number of hydrogen-bond donors (Lipinski definition) is 5. The second kappa shape index (κ2) is 13.2. The van der Waals surface area contributed by atoms with E-state index < -0.39 is 0 Å². The topological polar surface area (TPSA) is 142 Å². The average Bonchev–Trinajstić information content (AvgIpc) is 3.42. The third kappa shape index (κ3) is 6.98. The third-order valence-electron chi connectivity index (χ3n) is 7.06. The summed E-state index contributed by atoms with van der Waals surface area (Å²) in [5, 5.41) is 9.23. The first kappa shape index (κ1) is 28.0. The lowest BCUT2D eigenvalue weighted by atomic mass is 10.1. The molecule has 212 valence electrons. The molecule has 5 rings (SSSR count). The lowest BCUT2D eigenvalue weighted by Crippen LogP contribution is -2.51. The van der Waals surface area contributed by atoms with Crippen LogP contribution in [0.2, 0.25) is 0 Å². The molecule has 2 aliphatic rings. The normalized spacial score (nSPS) is 16.0. The minimum atomic E-state index is -0.319. The molecule has 0 saturated heterocycles. The van der Waals surface area contributed by atoms with Gasteiger partial charge in [0.2, 0.25) is 0 Å². The van der Waals surface area contributed by atoms with Gasteiger partial charge in [0.25, 0.3) is 5.91 Å². The van der Waals surface area contributed by atoms with Gasteiger partial charge in [-0.25, -0.2) is 4.79 Å². The Hall–Kier alpha value is -4.51. The SMILES string of the molecule is NCCCN(CCCN)Cc1ccc(N2C=C3C=C(c4ccc(C(=O)Nc5cccnc5)cc4)NC3NC2=O)cc1. The second-order valence-corrected chi connectivity index (χ2v) is 10.1. The number of fused-ring (bicyclic) bond motifs is 1. The first-order valence-corrected chi connectivity index (χ1v) is 13.9. The maximum atomic E-state index is 13.0. The number of hydrogen-bond acceptors (Lipinski definition) is 7. The predicted molar refractivity (Wildman–Crippen MR) is 162 cm³/mol. The predicted octanol–water partition coefficient (Wildman–Crippen LogP) is 3.22. The highest BCUT2D eigenvalue weighted by Crippen LogP contribution is 2.28. The van der Waals surface area contributed by atoms with Gasteiger partial charge in [-0.15, -0.1) is 0 Å². The molecule has 7 N–H and O–H groups in total. The van der Waals surface area contributed by atoms with Crippen molar-refractivity contribution in [2.24, 2.45) is 11.5 Å². The van der Waals surface area contributed by atoms with Gasteiger partial charge in [0, 0.05) is 35.8 Å². The van der Waals surface area contributed by atoms with Crippen LogP contribution >= 0.6 is 0 Å². The Balaban J connectivity index is 1.25. The zero-order chi connectivity index (χ0) is 28.6. The number of pyridine rings is 1. The molecule has 0 radical (unpaired) electrons. The van der Waals surface area contributed by atoms with E-state index in [0.29, 0.717) is 24.3 Å². The van der Waals surface area contributed by atoms with Gasteiger partial charge in [0.05, 0.1) is 17.6 Å². The monoisotopic (exact) mass is 552 g/mol. The molecule has 1 unspecified atom stereocenters. The summed E-state index contributed by atoms with van der Waals surface area (Å²) >= 11 is 0. The lowest BCUT2D eigenvalue weighted by molar-refractivity contribution is 0.102. The Morgan fingerprint density at radius 3 is 2.37 bits per heavy atom. The number of benzene rings is 2. The number of urea groups is 1. The first-order valence-electron chi connectivity index (χ1n) is 13.9. The highest BCUT2D eigenvalue weighted by molar-refractivity contribution is 6.04.